The number of amides is 2. The SMILES string of the molecule is COc1ccc(NC(=O)CSc2nccn2-c2cccc(C(=O)NCc3ccccc3F)c2)cc1. The largest absolute Gasteiger partial charge is 0.497 e. The second kappa shape index (κ2) is 11.3. The van der Waals surface area contributed by atoms with Gasteiger partial charge in [0.15, 0.2) is 5.16 Å². The molecule has 0 radical (unpaired) electrons. The van der Waals surface area contributed by atoms with Gasteiger partial charge < -0.3 is 15.4 Å². The van der Waals surface area contributed by atoms with Gasteiger partial charge in [-0.15, -0.1) is 0 Å². The van der Waals surface area contributed by atoms with Crippen molar-refractivity contribution in [3.05, 3.63) is 102 Å². The van der Waals surface area contributed by atoms with Crippen LogP contribution >= 0.6 is 11.8 Å². The van der Waals surface area contributed by atoms with Crippen molar-refractivity contribution >= 4 is 29.3 Å². The van der Waals surface area contributed by atoms with E-state index >= 15 is 0 Å². The van der Waals surface area contributed by atoms with Gasteiger partial charge in [-0.2, -0.15) is 0 Å². The van der Waals surface area contributed by atoms with Crippen molar-refractivity contribution in [2.24, 2.45) is 0 Å². The number of ether oxygens (including phenoxy) is 1. The normalized spacial score (nSPS) is 10.6. The van der Waals surface area contributed by atoms with Gasteiger partial charge in [0.25, 0.3) is 5.91 Å². The molecule has 0 aliphatic carbocycles. The maximum absolute atomic E-state index is 13.8. The highest BCUT2D eigenvalue weighted by Gasteiger charge is 2.12. The summed E-state index contributed by atoms with van der Waals surface area (Å²) in [6.45, 7) is 0.0885. The first-order valence-corrected chi connectivity index (χ1v) is 11.7. The quantitative estimate of drug-likeness (QED) is 0.333. The fourth-order valence-corrected chi connectivity index (χ4v) is 4.08. The molecule has 35 heavy (non-hydrogen) atoms. The molecule has 0 saturated heterocycles. The fraction of sp³-hybridized carbons (Fsp3) is 0.115. The minimum Gasteiger partial charge on any atom is -0.497 e. The number of carbonyl (C=O) groups is 2. The third kappa shape index (κ3) is 6.27. The van der Waals surface area contributed by atoms with Gasteiger partial charge in [0.05, 0.1) is 12.9 Å². The van der Waals surface area contributed by atoms with Crippen LogP contribution in [-0.4, -0.2) is 34.2 Å². The van der Waals surface area contributed by atoms with Crippen LogP contribution in [0.2, 0.25) is 0 Å². The Labute approximate surface area is 206 Å². The van der Waals surface area contributed by atoms with Gasteiger partial charge in [0.1, 0.15) is 11.6 Å². The number of methoxy groups -OCH3 is 1. The van der Waals surface area contributed by atoms with Crippen LogP contribution < -0.4 is 15.4 Å². The minimum absolute atomic E-state index is 0.0885. The zero-order valence-electron chi connectivity index (χ0n) is 18.9. The van der Waals surface area contributed by atoms with Gasteiger partial charge >= 0.3 is 0 Å². The van der Waals surface area contributed by atoms with E-state index in [0.717, 1.165) is 5.69 Å². The van der Waals surface area contributed by atoms with Crippen LogP contribution in [0.15, 0.2) is 90.3 Å². The van der Waals surface area contributed by atoms with E-state index in [9.17, 15) is 14.0 Å². The summed E-state index contributed by atoms with van der Waals surface area (Å²) < 4.78 is 20.7. The van der Waals surface area contributed by atoms with Crippen molar-refractivity contribution in [3.63, 3.8) is 0 Å². The Balaban J connectivity index is 1.38. The molecule has 0 atom stereocenters. The highest BCUT2D eigenvalue weighted by atomic mass is 32.2. The van der Waals surface area contributed by atoms with E-state index in [4.69, 9.17) is 4.74 Å². The number of hydrogen-bond acceptors (Lipinski definition) is 5. The topological polar surface area (TPSA) is 85.2 Å². The number of carbonyl (C=O) groups excluding carboxylic acids is 2. The number of hydrogen-bond donors (Lipinski definition) is 2. The number of benzene rings is 3. The second-order valence-corrected chi connectivity index (χ2v) is 8.41. The number of nitrogens with zero attached hydrogens (tertiary/aromatic N) is 2. The molecule has 0 aliphatic heterocycles. The zero-order valence-corrected chi connectivity index (χ0v) is 19.7. The Bertz CT molecular complexity index is 1320. The van der Waals surface area contributed by atoms with Crippen molar-refractivity contribution in [2.45, 2.75) is 11.7 Å². The Morgan fingerprint density at radius 1 is 1.06 bits per heavy atom. The van der Waals surface area contributed by atoms with Crippen LogP contribution in [0.4, 0.5) is 10.1 Å². The number of aromatic nitrogens is 2. The molecular weight excluding hydrogens is 467 g/mol. The zero-order chi connectivity index (χ0) is 24.6. The molecule has 0 fully saturated rings. The van der Waals surface area contributed by atoms with E-state index in [-0.39, 0.29) is 29.9 Å². The summed E-state index contributed by atoms with van der Waals surface area (Å²) in [5, 5.41) is 6.19. The first-order valence-electron chi connectivity index (χ1n) is 10.8. The average molecular weight is 491 g/mol. The van der Waals surface area contributed by atoms with E-state index in [0.29, 0.717) is 27.7 Å². The van der Waals surface area contributed by atoms with Gasteiger partial charge in [-0.1, -0.05) is 36.0 Å². The predicted octanol–water partition coefficient (Wildman–Crippen LogP) is 4.68. The number of imidazole rings is 1. The molecule has 2 amide bonds. The van der Waals surface area contributed by atoms with Crippen LogP contribution in [-0.2, 0) is 11.3 Å². The lowest BCUT2D eigenvalue weighted by atomic mass is 10.1. The summed E-state index contributed by atoms with van der Waals surface area (Å²) in [5.41, 5.74) is 2.24. The summed E-state index contributed by atoms with van der Waals surface area (Å²) in [5.74, 6) is 0.0192. The van der Waals surface area contributed by atoms with Gasteiger partial charge in [-0.05, 0) is 48.5 Å². The fourth-order valence-electron chi connectivity index (χ4n) is 3.31. The number of anilines is 1. The second-order valence-electron chi connectivity index (χ2n) is 7.47. The lowest BCUT2D eigenvalue weighted by Crippen LogP contribution is -2.23. The van der Waals surface area contributed by atoms with Crippen molar-refractivity contribution in [1.29, 1.82) is 0 Å². The summed E-state index contributed by atoms with van der Waals surface area (Å²) in [6, 6.07) is 20.4. The van der Waals surface area contributed by atoms with Crippen molar-refractivity contribution < 1.29 is 18.7 Å². The lowest BCUT2D eigenvalue weighted by Gasteiger charge is -2.11. The highest BCUT2D eigenvalue weighted by Crippen LogP contribution is 2.22. The smallest absolute Gasteiger partial charge is 0.251 e. The van der Waals surface area contributed by atoms with E-state index < -0.39 is 0 Å². The maximum Gasteiger partial charge on any atom is 0.251 e. The molecule has 178 valence electrons. The molecule has 7 nitrogen and oxygen atoms in total. The molecule has 2 N–H and O–H groups in total. The van der Waals surface area contributed by atoms with Gasteiger partial charge in [-0.3, -0.25) is 14.2 Å². The summed E-state index contributed by atoms with van der Waals surface area (Å²) in [6.07, 6.45) is 3.40. The number of thioether (sulfide) groups is 1. The van der Waals surface area contributed by atoms with Crippen molar-refractivity contribution in [3.8, 4) is 11.4 Å². The molecule has 0 saturated carbocycles. The Hall–Kier alpha value is -4.11. The van der Waals surface area contributed by atoms with E-state index in [1.54, 1.807) is 84.7 Å². The van der Waals surface area contributed by atoms with Gasteiger partial charge in [-0.25, -0.2) is 9.37 Å². The van der Waals surface area contributed by atoms with Gasteiger partial charge in [0, 0.05) is 41.4 Å². The monoisotopic (exact) mass is 490 g/mol. The van der Waals surface area contributed by atoms with Crippen LogP contribution in [0, 0.1) is 5.82 Å². The highest BCUT2D eigenvalue weighted by molar-refractivity contribution is 7.99. The summed E-state index contributed by atoms with van der Waals surface area (Å²) >= 11 is 1.28. The molecule has 9 heteroatoms. The van der Waals surface area contributed by atoms with Gasteiger partial charge in [0.2, 0.25) is 5.91 Å². The molecular formula is C26H23FN4O3S. The van der Waals surface area contributed by atoms with E-state index in [1.807, 2.05) is 6.07 Å². The van der Waals surface area contributed by atoms with Crippen LogP contribution in [0.25, 0.3) is 5.69 Å². The van der Waals surface area contributed by atoms with Crippen molar-refractivity contribution in [2.75, 3.05) is 18.2 Å². The molecule has 1 heterocycles. The third-order valence-corrected chi connectivity index (χ3v) is 6.06. The Morgan fingerprint density at radius 3 is 2.63 bits per heavy atom. The molecule has 4 rings (SSSR count). The summed E-state index contributed by atoms with van der Waals surface area (Å²) in [7, 11) is 1.58. The minimum atomic E-state index is -0.363. The lowest BCUT2D eigenvalue weighted by molar-refractivity contribution is -0.113. The molecule has 3 aromatic carbocycles. The molecule has 4 aromatic rings. The van der Waals surface area contributed by atoms with E-state index in [1.165, 1.54) is 17.8 Å². The molecule has 0 aliphatic rings. The van der Waals surface area contributed by atoms with Crippen LogP contribution in [0.3, 0.4) is 0 Å². The Morgan fingerprint density at radius 2 is 1.86 bits per heavy atom. The number of halogens is 1. The van der Waals surface area contributed by atoms with E-state index in [2.05, 4.69) is 15.6 Å². The number of nitrogens with one attached hydrogen (secondary N) is 2. The average Bonchev–Trinajstić information content (AvgIpc) is 3.36. The standard InChI is InChI=1S/C26H23FN4O3S/c1-34-22-11-9-20(10-12-22)30-24(32)17-35-26-28-13-14-31(26)21-7-4-6-18(15-21)25(33)29-16-19-5-2-3-8-23(19)27/h2-15H,16-17H2,1H3,(H,29,33)(H,30,32). The summed E-state index contributed by atoms with van der Waals surface area (Å²) in [4.78, 5) is 29.4. The molecule has 0 bridgehead atoms. The van der Waals surface area contributed by atoms with Crippen molar-refractivity contribution in [1.82, 2.24) is 14.9 Å². The molecule has 1 aromatic heterocycles. The maximum atomic E-state index is 13.8. The molecule has 0 spiro atoms. The first-order chi connectivity index (χ1) is 17.0. The predicted molar refractivity (Wildman–Crippen MR) is 133 cm³/mol. The number of rotatable bonds is 9. The van der Waals surface area contributed by atoms with Crippen LogP contribution in [0.1, 0.15) is 15.9 Å². The third-order valence-electron chi connectivity index (χ3n) is 5.10. The molecule has 0 unspecified atom stereocenters. The first kappa shape index (κ1) is 24.0. The van der Waals surface area contributed by atoms with Crippen LogP contribution in [0.5, 0.6) is 5.75 Å². The Kier molecular flexibility index (Phi) is 7.79.